The summed E-state index contributed by atoms with van der Waals surface area (Å²) in [6.07, 6.45) is 0.285. The van der Waals surface area contributed by atoms with E-state index in [1.54, 1.807) is 0 Å². The molecule has 2 rings (SSSR count). The minimum absolute atomic E-state index is 0.146. The molecule has 3 nitrogen and oxygen atoms in total. The van der Waals surface area contributed by atoms with Crippen molar-refractivity contribution < 1.29 is 18.0 Å². The maximum absolute atomic E-state index is 12.8. The highest BCUT2D eigenvalue weighted by molar-refractivity contribution is 5.74. The van der Waals surface area contributed by atoms with Crippen LogP contribution in [0, 0.1) is 0 Å². The van der Waals surface area contributed by atoms with Crippen LogP contribution >= 0.6 is 0 Å². The van der Waals surface area contributed by atoms with Gasteiger partial charge in [0.25, 0.3) is 0 Å². The molecule has 0 unspecified atom stereocenters. The predicted octanol–water partition coefficient (Wildman–Crippen LogP) is 2.90. The van der Waals surface area contributed by atoms with Crippen molar-refractivity contribution in [1.29, 1.82) is 0 Å². The van der Waals surface area contributed by atoms with Crippen molar-refractivity contribution in [3.63, 3.8) is 0 Å². The number of piperidine rings is 1. The zero-order chi connectivity index (χ0) is 13.9. The molecule has 0 aliphatic carbocycles. The van der Waals surface area contributed by atoms with Crippen LogP contribution in [-0.2, 0) is 12.7 Å². The second-order valence-electron chi connectivity index (χ2n) is 4.73. The van der Waals surface area contributed by atoms with Gasteiger partial charge >= 0.3 is 6.18 Å². The number of carbonyl (C=O) groups is 1. The summed E-state index contributed by atoms with van der Waals surface area (Å²) in [5.41, 5.74) is -0.994. The summed E-state index contributed by atoms with van der Waals surface area (Å²) < 4.78 is 38.3. The topological polar surface area (TPSA) is 33.2 Å². The van der Waals surface area contributed by atoms with Gasteiger partial charge in [0.1, 0.15) is 5.69 Å². The van der Waals surface area contributed by atoms with Gasteiger partial charge in [-0.05, 0) is 37.6 Å². The number of aldehydes is 1. The summed E-state index contributed by atoms with van der Waals surface area (Å²) in [4.78, 5) is 16.3. The molecule has 0 aromatic carbocycles. The highest BCUT2D eigenvalue weighted by Crippen LogP contribution is 2.31. The fraction of sp³-hybridized carbons (Fsp3) is 0.538. The molecule has 1 aromatic heterocycles. The van der Waals surface area contributed by atoms with Crippen molar-refractivity contribution >= 4 is 6.29 Å². The van der Waals surface area contributed by atoms with E-state index in [9.17, 15) is 18.0 Å². The van der Waals surface area contributed by atoms with Gasteiger partial charge in [-0.2, -0.15) is 13.2 Å². The SMILES string of the molecule is O=Cc1ncc(CN2CCCCC2)cc1C(F)(F)F. The zero-order valence-corrected chi connectivity index (χ0v) is 10.4. The third-order valence-corrected chi connectivity index (χ3v) is 3.25. The summed E-state index contributed by atoms with van der Waals surface area (Å²) in [6, 6.07) is 1.03. The van der Waals surface area contributed by atoms with Crippen LogP contribution in [-0.4, -0.2) is 29.3 Å². The van der Waals surface area contributed by atoms with Crippen molar-refractivity contribution in [1.82, 2.24) is 9.88 Å². The minimum atomic E-state index is -4.54. The third-order valence-electron chi connectivity index (χ3n) is 3.25. The molecule has 1 aliphatic rings. The Hall–Kier alpha value is -1.43. The zero-order valence-electron chi connectivity index (χ0n) is 10.4. The number of nitrogens with zero attached hydrogens (tertiary/aromatic N) is 2. The van der Waals surface area contributed by atoms with E-state index < -0.39 is 17.4 Å². The number of pyridine rings is 1. The normalized spacial score (nSPS) is 17.4. The van der Waals surface area contributed by atoms with Gasteiger partial charge in [-0.15, -0.1) is 0 Å². The number of halogens is 3. The van der Waals surface area contributed by atoms with E-state index in [0.717, 1.165) is 32.0 Å². The molecule has 6 heteroatoms. The lowest BCUT2D eigenvalue weighted by Gasteiger charge is -2.26. The summed E-state index contributed by atoms with van der Waals surface area (Å²) >= 11 is 0. The lowest BCUT2D eigenvalue weighted by Crippen LogP contribution is -2.29. The third kappa shape index (κ3) is 3.53. The maximum Gasteiger partial charge on any atom is 0.418 e. The molecule has 1 aliphatic heterocycles. The van der Waals surface area contributed by atoms with E-state index in [0.29, 0.717) is 12.1 Å². The van der Waals surface area contributed by atoms with Gasteiger partial charge < -0.3 is 0 Å². The van der Waals surface area contributed by atoms with Gasteiger partial charge in [-0.1, -0.05) is 6.42 Å². The van der Waals surface area contributed by atoms with E-state index in [-0.39, 0.29) is 6.29 Å². The van der Waals surface area contributed by atoms with E-state index in [2.05, 4.69) is 9.88 Å². The van der Waals surface area contributed by atoms with E-state index in [1.807, 2.05) is 0 Å². The Morgan fingerprint density at radius 3 is 2.53 bits per heavy atom. The van der Waals surface area contributed by atoms with Crippen molar-refractivity contribution in [3.05, 3.63) is 29.1 Å². The lowest BCUT2D eigenvalue weighted by molar-refractivity contribution is -0.138. The molecule has 0 atom stereocenters. The van der Waals surface area contributed by atoms with Gasteiger partial charge in [0.2, 0.25) is 0 Å². The highest BCUT2D eigenvalue weighted by atomic mass is 19.4. The van der Waals surface area contributed by atoms with Crippen molar-refractivity contribution in [2.45, 2.75) is 32.0 Å². The van der Waals surface area contributed by atoms with Crippen LogP contribution in [0.3, 0.4) is 0 Å². The average molecular weight is 272 g/mol. The number of rotatable bonds is 3. The Bertz CT molecular complexity index is 454. The molecule has 0 saturated carbocycles. The van der Waals surface area contributed by atoms with Crippen molar-refractivity contribution in [2.24, 2.45) is 0 Å². The van der Waals surface area contributed by atoms with Crippen LogP contribution in [0.15, 0.2) is 12.3 Å². The van der Waals surface area contributed by atoms with Crippen LogP contribution in [0.25, 0.3) is 0 Å². The van der Waals surface area contributed by atoms with Crippen LogP contribution in [0.1, 0.15) is 40.9 Å². The Balaban J connectivity index is 2.20. The van der Waals surface area contributed by atoms with Gasteiger partial charge in [0.15, 0.2) is 6.29 Å². The maximum atomic E-state index is 12.8. The van der Waals surface area contributed by atoms with Gasteiger partial charge in [-0.25, -0.2) is 0 Å². The summed E-state index contributed by atoms with van der Waals surface area (Å²) in [5, 5.41) is 0. The summed E-state index contributed by atoms with van der Waals surface area (Å²) in [7, 11) is 0. The van der Waals surface area contributed by atoms with Crippen LogP contribution in [0.2, 0.25) is 0 Å². The van der Waals surface area contributed by atoms with Crippen molar-refractivity contribution in [2.75, 3.05) is 13.1 Å². The molecule has 1 saturated heterocycles. The molecule has 0 radical (unpaired) electrons. The molecule has 1 aromatic rings. The summed E-state index contributed by atoms with van der Waals surface area (Å²) in [6.45, 7) is 2.25. The smallest absolute Gasteiger partial charge is 0.299 e. The molecular formula is C13H15F3N2O. The van der Waals surface area contributed by atoms with Gasteiger partial charge in [0.05, 0.1) is 5.56 Å². The first-order valence-electron chi connectivity index (χ1n) is 6.24. The molecular weight excluding hydrogens is 257 g/mol. The first kappa shape index (κ1) is 14.0. The largest absolute Gasteiger partial charge is 0.418 e. The monoisotopic (exact) mass is 272 g/mol. The van der Waals surface area contributed by atoms with Crippen LogP contribution in [0.4, 0.5) is 13.2 Å². The Morgan fingerprint density at radius 2 is 1.95 bits per heavy atom. The van der Waals surface area contributed by atoms with E-state index >= 15 is 0 Å². The number of carbonyl (C=O) groups excluding carboxylic acids is 1. The highest BCUT2D eigenvalue weighted by Gasteiger charge is 2.34. The Morgan fingerprint density at radius 1 is 1.26 bits per heavy atom. The van der Waals surface area contributed by atoms with Gasteiger partial charge in [0, 0.05) is 12.7 Å². The van der Waals surface area contributed by atoms with Crippen LogP contribution < -0.4 is 0 Å². The quantitative estimate of drug-likeness (QED) is 0.793. The van der Waals surface area contributed by atoms with E-state index in [4.69, 9.17) is 0 Å². The Kier molecular flexibility index (Phi) is 4.19. The lowest BCUT2D eigenvalue weighted by atomic mass is 10.1. The molecule has 104 valence electrons. The molecule has 2 heterocycles. The van der Waals surface area contributed by atoms with Crippen LogP contribution in [0.5, 0.6) is 0 Å². The first-order valence-corrected chi connectivity index (χ1v) is 6.24. The molecule has 0 bridgehead atoms. The number of likely N-dealkylation sites (tertiary alicyclic amines) is 1. The number of alkyl halides is 3. The fourth-order valence-electron chi connectivity index (χ4n) is 2.30. The fourth-order valence-corrected chi connectivity index (χ4v) is 2.30. The average Bonchev–Trinajstić information content (AvgIpc) is 2.39. The minimum Gasteiger partial charge on any atom is -0.299 e. The second-order valence-corrected chi connectivity index (χ2v) is 4.73. The van der Waals surface area contributed by atoms with Gasteiger partial charge in [-0.3, -0.25) is 14.7 Å². The molecule has 0 amide bonds. The molecule has 0 spiro atoms. The standard InChI is InChI=1S/C13H15F3N2O/c14-13(15,16)11-6-10(7-17-12(11)9-19)8-18-4-2-1-3-5-18/h6-7,9H,1-5,8H2. The number of aromatic nitrogens is 1. The number of hydrogen-bond acceptors (Lipinski definition) is 3. The molecule has 1 fully saturated rings. The predicted molar refractivity (Wildman–Crippen MR) is 63.8 cm³/mol. The van der Waals surface area contributed by atoms with Crippen molar-refractivity contribution in [3.8, 4) is 0 Å². The Labute approximate surface area is 109 Å². The molecule has 19 heavy (non-hydrogen) atoms. The second kappa shape index (κ2) is 5.69. The molecule has 0 N–H and O–H groups in total. The number of hydrogen-bond donors (Lipinski definition) is 0. The summed E-state index contributed by atoms with van der Waals surface area (Å²) in [5.74, 6) is 0. The van der Waals surface area contributed by atoms with E-state index in [1.165, 1.54) is 12.6 Å². The first-order chi connectivity index (χ1) is 9.00.